The van der Waals surface area contributed by atoms with Gasteiger partial charge in [-0.25, -0.2) is 0 Å². The molecule has 1 saturated heterocycles. The number of amides is 1. The van der Waals surface area contributed by atoms with Crippen LogP contribution in [-0.2, 0) is 11.2 Å². The molecule has 1 saturated carbocycles. The third-order valence-electron chi connectivity index (χ3n) is 4.39. The van der Waals surface area contributed by atoms with E-state index in [2.05, 4.69) is 4.90 Å². The molecule has 2 atom stereocenters. The van der Waals surface area contributed by atoms with Crippen LogP contribution in [0.4, 0.5) is 5.69 Å². The van der Waals surface area contributed by atoms with Crippen molar-refractivity contribution in [2.24, 2.45) is 5.92 Å². The highest BCUT2D eigenvalue weighted by molar-refractivity contribution is 5.85. The van der Waals surface area contributed by atoms with Gasteiger partial charge in [-0.3, -0.25) is 4.79 Å². The molecular weight excluding hydrogens is 260 g/mol. The third-order valence-corrected chi connectivity index (χ3v) is 4.39. The van der Waals surface area contributed by atoms with Gasteiger partial charge in [0, 0.05) is 24.7 Å². The number of rotatable bonds is 3. The molecule has 1 aromatic carbocycles. The number of likely N-dealkylation sites (tertiary alicyclic amines) is 1. The Hall–Kier alpha value is -1.22. The molecule has 2 bridgehead atoms. The molecule has 104 valence electrons. The SMILES string of the molecule is Cl.Nc1ccccc1CCC(=O)N1CC2CCC1C2. The molecule has 1 amide bonds. The van der Waals surface area contributed by atoms with Crippen molar-refractivity contribution in [2.75, 3.05) is 12.3 Å². The van der Waals surface area contributed by atoms with Gasteiger partial charge < -0.3 is 10.6 Å². The minimum absolute atomic E-state index is 0. The standard InChI is InChI=1S/C15H20N2O.ClH/c16-14-4-2-1-3-12(14)6-8-15(18)17-10-11-5-7-13(17)9-11;/h1-4,11,13H,5-10,16H2;1H. The van der Waals surface area contributed by atoms with Crippen LogP contribution >= 0.6 is 12.4 Å². The first-order valence-electron chi connectivity index (χ1n) is 6.87. The van der Waals surface area contributed by atoms with Gasteiger partial charge in [-0.05, 0) is 43.2 Å². The Balaban J connectivity index is 0.00000133. The van der Waals surface area contributed by atoms with Crippen LogP contribution in [0.3, 0.4) is 0 Å². The number of fused-ring (bicyclic) bond motifs is 2. The number of piperidine rings is 1. The highest BCUT2D eigenvalue weighted by atomic mass is 35.5. The van der Waals surface area contributed by atoms with Crippen LogP contribution in [0.5, 0.6) is 0 Å². The van der Waals surface area contributed by atoms with E-state index in [-0.39, 0.29) is 12.4 Å². The van der Waals surface area contributed by atoms with Crippen LogP contribution in [0.1, 0.15) is 31.2 Å². The summed E-state index contributed by atoms with van der Waals surface area (Å²) in [5, 5.41) is 0. The van der Waals surface area contributed by atoms with Gasteiger partial charge in [-0.1, -0.05) is 18.2 Å². The molecule has 2 fully saturated rings. The van der Waals surface area contributed by atoms with Crippen molar-refractivity contribution < 1.29 is 4.79 Å². The largest absolute Gasteiger partial charge is 0.399 e. The highest BCUT2D eigenvalue weighted by Gasteiger charge is 2.39. The second-order valence-corrected chi connectivity index (χ2v) is 5.58. The number of nitrogen functional groups attached to an aromatic ring is 1. The van der Waals surface area contributed by atoms with Gasteiger partial charge in [0.15, 0.2) is 0 Å². The van der Waals surface area contributed by atoms with E-state index >= 15 is 0 Å². The van der Waals surface area contributed by atoms with Crippen LogP contribution in [-0.4, -0.2) is 23.4 Å². The molecule has 0 aromatic heterocycles. The van der Waals surface area contributed by atoms with Crippen molar-refractivity contribution in [1.82, 2.24) is 4.90 Å². The highest BCUT2D eigenvalue weighted by Crippen LogP contribution is 2.37. The minimum atomic E-state index is 0. The van der Waals surface area contributed by atoms with E-state index in [0.29, 0.717) is 18.4 Å². The van der Waals surface area contributed by atoms with Crippen molar-refractivity contribution in [3.63, 3.8) is 0 Å². The van der Waals surface area contributed by atoms with Crippen molar-refractivity contribution in [1.29, 1.82) is 0 Å². The maximum atomic E-state index is 12.2. The lowest BCUT2D eigenvalue weighted by molar-refractivity contribution is -0.132. The summed E-state index contributed by atoms with van der Waals surface area (Å²) in [7, 11) is 0. The van der Waals surface area contributed by atoms with Gasteiger partial charge in [0.25, 0.3) is 0 Å². The number of hydrogen-bond donors (Lipinski definition) is 1. The average Bonchev–Trinajstić information content (AvgIpc) is 2.99. The zero-order valence-corrected chi connectivity index (χ0v) is 11.9. The van der Waals surface area contributed by atoms with Gasteiger partial charge in [-0.2, -0.15) is 0 Å². The monoisotopic (exact) mass is 280 g/mol. The van der Waals surface area contributed by atoms with Crippen molar-refractivity contribution in [3.8, 4) is 0 Å². The van der Waals surface area contributed by atoms with E-state index in [1.165, 1.54) is 19.3 Å². The normalized spacial score (nSPS) is 24.3. The van der Waals surface area contributed by atoms with Gasteiger partial charge in [0.2, 0.25) is 5.91 Å². The molecule has 2 unspecified atom stereocenters. The fourth-order valence-electron chi connectivity index (χ4n) is 3.38. The number of carbonyl (C=O) groups is 1. The maximum Gasteiger partial charge on any atom is 0.223 e. The van der Waals surface area contributed by atoms with Crippen molar-refractivity contribution >= 4 is 24.0 Å². The Kier molecular flexibility index (Phi) is 4.35. The number of carbonyl (C=O) groups excluding carboxylic acids is 1. The number of anilines is 1. The van der Waals surface area contributed by atoms with Gasteiger partial charge in [0.05, 0.1) is 0 Å². The topological polar surface area (TPSA) is 46.3 Å². The van der Waals surface area contributed by atoms with E-state index in [1.807, 2.05) is 24.3 Å². The Morgan fingerprint density at radius 1 is 1.32 bits per heavy atom. The fourth-order valence-corrected chi connectivity index (χ4v) is 3.38. The first-order chi connectivity index (χ1) is 8.74. The van der Waals surface area contributed by atoms with E-state index in [4.69, 9.17) is 5.73 Å². The molecule has 2 aliphatic rings. The molecule has 4 heteroatoms. The molecule has 0 radical (unpaired) electrons. The predicted octanol–water partition coefficient (Wildman–Crippen LogP) is 2.63. The number of benzene rings is 1. The lowest BCUT2D eigenvalue weighted by Crippen LogP contribution is -2.37. The molecule has 1 aliphatic carbocycles. The van der Waals surface area contributed by atoms with E-state index in [1.54, 1.807) is 0 Å². The first-order valence-corrected chi connectivity index (χ1v) is 6.87. The number of aryl methyl sites for hydroxylation is 1. The van der Waals surface area contributed by atoms with E-state index < -0.39 is 0 Å². The summed E-state index contributed by atoms with van der Waals surface area (Å²) in [5.74, 6) is 1.09. The summed E-state index contributed by atoms with van der Waals surface area (Å²) in [4.78, 5) is 14.3. The molecule has 19 heavy (non-hydrogen) atoms. The van der Waals surface area contributed by atoms with Crippen molar-refractivity contribution in [2.45, 2.75) is 38.1 Å². The molecule has 0 spiro atoms. The molecule has 1 aromatic rings. The number of nitrogens with two attached hydrogens (primary N) is 1. The number of halogens is 1. The van der Waals surface area contributed by atoms with Crippen LogP contribution in [0.15, 0.2) is 24.3 Å². The smallest absolute Gasteiger partial charge is 0.223 e. The lowest BCUT2D eigenvalue weighted by atomic mass is 10.1. The molecule has 1 heterocycles. The van der Waals surface area contributed by atoms with Crippen LogP contribution in [0.25, 0.3) is 0 Å². The quantitative estimate of drug-likeness (QED) is 0.865. The average molecular weight is 281 g/mol. The van der Waals surface area contributed by atoms with Crippen LogP contribution in [0.2, 0.25) is 0 Å². The maximum absolute atomic E-state index is 12.2. The van der Waals surface area contributed by atoms with Gasteiger partial charge >= 0.3 is 0 Å². The van der Waals surface area contributed by atoms with E-state index in [9.17, 15) is 4.79 Å². The van der Waals surface area contributed by atoms with Crippen molar-refractivity contribution in [3.05, 3.63) is 29.8 Å². The predicted molar refractivity (Wildman–Crippen MR) is 79.3 cm³/mol. The summed E-state index contributed by atoms with van der Waals surface area (Å²) in [5.41, 5.74) is 7.79. The lowest BCUT2D eigenvalue weighted by Gasteiger charge is -2.27. The zero-order valence-electron chi connectivity index (χ0n) is 11.0. The second-order valence-electron chi connectivity index (χ2n) is 5.58. The number of nitrogens with zero attached hydrogens (tertiary/aromatic N) is 1. The van der Waals surface area contributed by atoms with Gasteiger partial charge in [-0.15, -0.1) is 12.4 Å². The fraction of sp³-hybridized carbons (Fsp3) is 0.533. The van der Waals surface area contributed by atoms with E-state index in [0.717, 1.165) is 30.1 Å². The second kappa shape index (κ2) is 5.83. The Morgan fingerprint density at radius 2 is 2.11 bits per heavy atom. The third kappa shape index (κ3) is 2.86. The minimum Gasteiger partial charge on any atom is -0.399 e. The number of hydrogen-bond acceptors (Lipinski definition) is 2. The van der Waals surface area contributed by atoms with Crippen LogP contribution in [0, 0.1) is 5.92 Å². The number of para-hydroxylation sites is 1. The summed E-state index contributed by atoms with van der Waals surface area (Å²) in [6.07, 6.45) is 5.13. The first kappa shape index (κ1) is 14.2. The molecule has 1 aliphatic heterocycles. The summed E-state index contributed by atoms with van der Waals surface area (Å²) in [6.45, 7) is 0.994. The summed E-state index contributed by atoms with van der Waals surface area (Å²) in [6, 6.07) is 8.36. The Morgan fingerprint density at radius 3 is 2.74 bits per heavy atom. The molecular formula is C15H21ClN2O. The summed E-state index contributed by atoms with van der Waals surface area (Å²) < 4.78 is 0. The van der Waals surface area contributed by atoms with Gasteiger partial charge in [0.1, 0.15) is 0 Å². The molecule has 3 nitrogen and oxygen atoms in total. The summed E-state index contributed by atoms with van der Waals surface area (Å²) >= 11 is 0. The Bertz CT molecular complexity index is 463. The molecule has 2 N–H and O–H groups in total. The zero-order chi connectivity index (χ0) is 12.5. The Labute approximate surface area is 120 Å². The molecule has 3 rings (SSSR count). The van der Waals surface area contributed by atoms with Crippen LogP contribution < -0.4 is 5.73 Å².